The predicted octanol–water partition coefficient (Wildman–Crippen LogP) is 1.10. The first-order valence-corrected chi connectivity index (χ1v) is 5.70. The standard InChI is InChI=1S/C12H16N4O2/c1-7(2)9-4-8(5-18-3)15-12-10(11(13)17)14-6-16(9)12/h4,6-7H,5H2,1-3H3,(H2,13,17). The Labute approximate surface area is 105 Å². The van der Waals surface area contributed by atoms with Crippen LogP contribution >= 0.6 is 0 Å². The normalized spacial score (nSPS) is 11.3. The average Bonchev–Trinajstić information content (AvgIpc) is 2.71. The van der Waals surface area contributed by atoms with Gasteiger partial charge in [0.05, 0.1) is 12.3 Å². The third-order valence-corrected chi connectivity index (χ3v) is 2.70. The minimum absolute atomic E-state index is 0.190. The highest BCUT2D eigenvalue weighted by atomic mass is 16.5. The molecule has 0 aliphatic carbocycles. The lowest BCUT2D eigenvalue weighted by Crippen LogP contribution is -2.13. The van der Waals surface area contributed by atoms with Gasteiger partial charge in [-0.1, -0.05) is 13.8 Å². The van der Waals surface area contributed by atoms with Gasteiger partial charge in [0.25, 0.3) is 5.91 Å². The van der Waals surface area contributed by atoms with E-state index in [0.717, 1.165) is 11.4 Å². The van der Waals surface area contributed by atoms with Gasteiger partial charge < -0.3 is 10.5 Å². The summed E-state index contributed by atoms with van der Waals surface area (Å²) in [5.41, 5.74) is 7.75. The van der Waals surface area contributed by atoms with Crippen LogP contribution in [-0.2, 0) is 11.3 Å². The molecule has 2 aromatic rings. The summed E-state index contributed by atoms with van der Waals surface area (Å²) in [4.78, 5) is 19.7. The second-order valence-corrected chi connectivity index (χ2v) is 4.41. The fourth-order valence-electron chi connectivity index (χ4n) is 1.89. The minimum atomic E-state index is -0.575. The van der Waals surface area contributed by atoms with E-state index in [9.17, 15) is 4.79 Å². The van der Waals surface area contributed by atoms with Crippen molar-refractivity contribution in [3.05, 3.63) is 29.5 Å². The van der Waals surface area contributed by atoms with Gasteiger partial charge in [0, 0.05) is 12.8 Å². The number of rotatable bonds is 4. The molecule has 0 spiro atoms. The van der Waals surface area contributed by atoms with E-state index in [4.69, 9.17) is 10.5 Å². The number of ether oxygens (including phenoxy) is 1. The summed E-state index contributed by atoms with van der Waals surface area (Å²) in [6, 6.07) is 1.95. The Morgan fingerprint density at radius 3 is 2.83 bits per heavy atom. The molecule has 6 nitrogen and oxygen atoms in total. The molecule has 0 bridgehead atoms. The van der Waals surface area contributed by atoms with Gasteiger partial charge in [-0.3, -0.25) is 9.20 Å². The van der Waals surface area contributed by atoms with Gasteiger partial charge in [0.1, 0.15) is 6.33 Å². The topological polar surface area (TPSA) is 82.5 Å². The molecule has 0 aliphatic heterocycles. The van der Waals surface area contributed by atoms with Crippen molar-refractivity contribution in [2.75, 3.05) is 7.11 Å². The molecular weight excluding hydrogens is 232 g/mol. The van der Waals surface area contributed by atoms with Crippen LogP contribution in [0.4, 0.5) is 0 Å². The molecule has 0 aromatic carbocycles. The summed E-state index contributed by atoms with van der Waals surface area (Å²) in [7, 11) is 1.60. The number of amides is 1. The van der Waals surface area contributed by atoms with Crippen molar-refractivity contribution in [1.29, 1.82) is 0 Å². The van der Waals surface area contributed by atoms with Gasteiger partial charge in [-0.15, -0.1) is 0 Å². The first-order chi connectivity index (χ1) is 8.54. The molecule has 0 saturated carbocycles. The first kappa shape index (κ1) is 12.5. The van der Waals surface area contributed by atoms with E-state index in [1.54, 1.807) is 17.8 Å². The number of hydrogen-bond acceptors (Lipinski definition) is 4. The minimum Gasteiger partial charge on any atom is -0.378 e. The summed E-state index contributed by atoms with van der Waals surface area (Å²) in [6.07, 6.45) is 1.58. The molecule has 0 aliphatic rings. The van der Waals surface area contributed by atoms with Crippen molar-refractivity contribution >= 4 is 11.6 Å². The Bertz CT molecular complexity index is 589. The lowest BCUT2D eigenvalue weighted by molar-refractivity contribution is 0.0997. The largest absolute Gasteiger partial charge is 0.378 e. The van der Waals surface area contributed by atoms with Crippen LogP contribution in [0.3, 0.4) is 0 Å². The zero-order valence-electron chi connectivity index (χ0n) is 10.7. The van der Waals surface area contributed by atoms with E-state index in [0.29, 0.717) is 12.3 Å². The number of carbonyl (C=O) groups is 1. The van der Waals surface area contributed by atoms with Crippen molar-refractivity contribution in [2.24, 2.45) is 5.73 Å². The SMILES string of the molecule is COCc1cc(C(C)C)n2cnc(C(N)=O)c2n1. The number of fused-ring (bicyclic) bond motifs is 1. The van der Waals surface area contributed by atoms with Crippen LogP contribution in [0.2, 0.25) is 0 Å². The van der Waals surface area contributed by atoms with Gasteiger partial charge in [-0.05, 0) is 12.0 Å². The van der Waals surface area contributed by atoms with Crippen LogP contribution in [0.15, 0.2) is 12.4 Å². The van der Waals surface area contributed by atoms with Crippen LogP contribution in [0.5, 0.6) is 0 Å². The van der Waals surface area contributed by atoms with Gasteiger partial charge >= 0.3 is 0 Å². The van der Waals surface area contributed by atoms with Gasteiger partial charge in [0.15, 0.2) is 11.3 Å². The third kappa shape index (κ3) is 2.06. The summed E-state index contributed by atoms with van der Waals surface area (Å²) >= 11 is 0. The lowest BCUT2D eigenvalue weighted by atomic mass is 10.1. The maximum atomic E-state index is 11.3. The summed E-state index contributed by atoms with van der Waals surface area (Å²) in [5, 5.41) is 0. The monoisotopic (exact) mass is 248 g/mol. The molecule has 0 radical (unpaired) electrons. The Kier molecular flexibility index (Phi) is 3.29. The van der Waals surface area contributed by atoms with E-state index >= 15 is 0 Å². The number of primary amides is 1. The molecule has 18 heavy (non-hydrogen) atoms. The second kappa shape index (κ2) is 4.73. The maximum Gasteiger partial charge on any atom is 0.271 e. The summed E-state index contributed by atoms with van der Waals surface area (Å²) in [6.45, 7) is 4.52. The number of nitrogens with two attached hydrogens (primary N) is 1. The molecule has 0 atom stereocenters. The smallest absolute Gasteiger partial charge is 0.271 e. The highest BCUT2D eigenvalue weighted by Crippen LogP contribution is 2.19. The van der Waals surface area contributed by atoms with E-state index in [2.05, 4.69) is 23.8 Å². The molecule has 6 heteroatoms. The van der Waals surface area contributed by atoms with Crippen LogP contribution in [0.1, 0.15) is 41.6 Å². The van der Waals surface area contributed by atoms with Crippen molar-refractivity contribution in [2.45, 2.75) is 26.4 Å². The van der Waals surface area contributed by atoms with Crippen molar-refractivity contribution in [1.82, 2.24) is 14.4 Å². The lowest BCUT2D eigenvalue weighted by Gasteiger charge is -2.11. The fraction of sp³-hybridized carbons (Fsp3) is 0.417. The molecule has 96 valence electrons. The average molecular weight is 248 g/mol. The predicted molar refractivity (Wildman–Crippen MR) is 66.3 cm³/mol. The number of carbonyl (C=O) groups excluding carboxylic acids is 1. The Balaban J connectivity index is 2.71. The molecule has 2 N–H and O–H groups in total. The Morgan fingerprint density at radius 2 is 2.28 bits per heavy atom. The van der Waals surface area contributed by atoms with Gasteiger partial charge in [0.2, 0.25) is 0 Å². The van der Waals surface area contributed by atoms with E-state index in [1.807, 2.05) is 6.07 Å². The van der Waals surface area contributed by atoms with Crippen LogP contribution < -0.4 is 5.73 Å². The van der Waals surface area contributed by atoms with Crippen LogP contribution in [-0.4, -0.2) is 27.4 Å². The third-order valence-electron chi connectivity index (χ3n) is 2.70. The quantitative estimate of drug-likeness (QED) is 0.878. The molecule has 0 unspecified atom stereocenters. The number of imidazole rings is 1. The summed E-state index contributed by atoms with van der Waals surface area (Å²) < 4.78 is 6.88. The number of nitrogens with zero attached hydrogens (tertiary/aromatic N) is 3. The molecule has 0 saturated heterocycles. The van der Waals surface area contributed by atoms with Gasteiger partial charge in [-0.25, -0.2) is 9.97 Å². The highest BCUT2D eigenvalue weighted by Gasteiger charge is 2.16. The molecular formula is C12H16N4O2. The Morgan fingerprint density at radius 1 is 1.56 bits per heavy atom. The molecule has 0 fully saturated rings. The van der Waals surface area contributed by atoms with Crippen molar-refractivity contribution < 1.29 is 9.53 Å². The van der Waals surface area contributed by atoms with Gasteiger partial charge in [-0.2, -0.15) is 0 Å². The molecule has 2 heterocycles. The fourth-order valence-corrected chi connectivity index (χ4v) is 1.89. The van der Waals surface area contributed by atoms with Crippen LogP contribution in [0, 0.1) is 0 Å². The first-order valence-electron chi connectivity index (χ1n) is 5.70. The summed E-state index contributed by atoms with van der Waals surface area (Å²) in [5.74, 6) is -0.296. The number of aromatic nitrogens is 3. The highest BCUT2D eigenvalue weighted by molar-refractivity contribution is 5.96. The zero-order valence-corrected chi connectivity index (χ0v) is 10.7. The number of methoxy groups -OCH3 is 1. The van der Waals surface area contributed by atoms with E-state index in [-0.39, 0.29) is 11.6 Å². The van der Waals surface area contributed by atoms with E-state index in [1.165, 1.54) is 0 Å². The Hall–Kier alpha value is -1.95. The second-order valence-electron chi connectivity index (χ2n) is 4.41. The molecule has 1 amide bonds. The van der Waals surface area contributed by atoms with Crippen molar-refractivity contribution in [3.8, 4) is 0 Å². The maximum absolute atomic E-state index is 11.3. The molecule has 2 aromatic heterocycles. The van der Waals surface area contributed by atoms with E-state index < -0.39 is 5.91 Å². The zero-order chi connectivity index (χ0) is 13.3. The number of hydrogen-bond donors (Lipinski definition) is 1. The van der Waals surface area contributed by atoms with Crippen molar-refractivity contribution in [3.63, 3.8) is 0 Å². The molecule has 2 rings (SSSR count). The van der Waals surface area contributed by atoms with Crippen LogP contribution in [0.25, 0.3) is 5.65 Å².